The van der Waals surface area contributed by atoms with E-state index in [1.807, 2.05) is 13.1 Å². The van der Waals surface area contributed by atoms with Crippen LogP contribution in [-0.4, -0.2) is 42.5 Å². The van der Waals surface area contributed by atoms with Gasteiger partial charge in [0, 0.05) is 33.0 Å². The van der Waals surface area contributed by atoms with Gasteiger partial charge in [0.1, 0.15) is 0 Å². The molecule has 1 N–H and O–H groups in total. The summed E-state index contributed by atoms with van der Waals surface area (Å²) in [5, 5.41) is 3.39. The third-order valence-corrected chi connectivity index (χ3v) is 3.21. The van der Waals surface area contributed by atoms with Gasteiger partial charge >= 0.3 is 0 Å². The molecule has 1 fully saturated rings. The SMILES string of the molecule is COCCn1cc(C)nc1NCCC1CCCO1. The number of anilines is 1. The lowest BCUT2D eigenvalue weighted by atomic mass is 10.2. The fraction of sp³-hybridized carbons (Fsp3) is 0.769. The van der Waals surface area contributed by atoms with Crippen LogP contribution in [0.4, 0.5) is 5.95 Å². The molecule has 5 heteroatoms. The Hall–Kier alpha value is -1.07. The van der Waals surface area contributed by atoms with Crippen molar-refractivity contribution in [2.45, 2.75) is 38.8 Å². The first kappa shape index (κ1) is 13.4. The van der Waals surface area contributed by atoms with Gasteiger partial charge in [-0.25, -0.2) is 4.98 Å². The summed E-state index contributed by atoms with van der Waals surface area (Å²) in [5.41, 5.74) is 1.03. The summed E-state index contributed by atoms with van der Waals surface area (Å²) in [6, 6.07) is 0. The Bertz CT molecular complexity index is 359. The zero-order valence-electron chi connectivity index (χ0n) is 11.3. The second-order valence-corrected chi connectivity index (χ2v) is 4.74. The van der Waals surface area contributed by atoms with Gasteiger partial charge in [-0.15, -0.1) is 0 Å². The molecule has 0 amide bonds. The third kappa shape index (κ3) is 3.71. The molecule has 1 aliphatic heterocycles. The number of imidazole rings is 1. The maximum absolute atomic E-state index is 5.60. The largest absolute Gasteiger partial charge is 0.383 e. The van der Waals surface area contributed by atoms with Crippen molar-refractivity contribution < 1.29 is 9.47 Å². The molecular weight excluding hydrogens is 230 g/mol. The van der Waals surface area contributed by atoms with Crippen molar-refractivity contribution in [1.82, 2.24) is 9.55 Å². The summed E-state index contributed by atoms with van der Waals surface area (Å²) >= 11 is 0. The molecule has 0 spiro atoms. The maximum Gasteiger partial charge on any atom is 0.203 e. The predicted molar refractivity (Wildman–Crippen MR) is 70.9 cm³/mol. The maximum atomic E-state index is 5.60. The van der Waals surface area contributed by atoms with E-state index in [4.69, 9.17) is 9.47 Å². The Labute approximate surface area is 108 Å². The summed E-state index contributed by atoms with van der Waals surface area (Å²) in [7, 11) is 1.72. The standard InChI is InChI=1S/C13H23N3O2/c1-11-10-16(7-9-17-2)13(15-11)14-6-5-12-4-3-8-18-12/h10,12H,3-9H2,1-2H3,(H,14,15). The van der Waals surface area contributed by atoms with Crippen LogP contribution in [-0.2, 0) is 16.0 Å². The molecule has 5 nitrogen and oxygen atoms in total. The zero-order valence-corrected chi connectivity index (χ0v) is 11.3. The van der Waals surface area contributed by atoms with Gasteiger partial charge in [-0.1, -0.05) is 0 Å². The first-order valence-electron chi connectivity index (χ1n) is 6.68. The number of methoxy groups -OCH3 is 1. The second kappa shape index (κ2) is 6.75. The molecule has 0 aliphatic carbocycles. The van der Waals surface area contributed by atoms with Crippen LogP contribution < -0.4 is 5.32 Å². The average Bonchev–Trinajstić information content (AvgIpc) is 2.97. The minimum absolute atomic E-state index is 0.431. The number of hydrogen-bond acceptors (Lipinski definition) is 4. The van der Waals surface area contributed by atoms with Gasteiger partial charge in [-0.3, -0.25) is 0 Å². The van der Waals surface area contributed by atoms with Crippen LogP contribution in [0.2, 0.25) is 0 Å². The zero-order chi connectivity index (χ0) is 12.8. The smallest absolute Gasteiger partial charge is 0.203 e. The fourth-order valence-electron chi connectivity index (χ4n) is 2.26. The molecule has 0 radical (unpaired) electrons. The quantitative estimate of drug-likeness (QED) is 0.805. The number of aryl methyl sites for hydroxylation is 1. The summed E-state index contributed by atoms with van der Waals surface area (Å²) in [4.78, 5) is 4.48. The van der Waals surface area contributed by atoms with E-state index in [0.717, 1.165) is 37.8 Å². The van der Waals surface area contributed by atoms with Crippen molar-refractivity contribution in [2.24, 2.45) is 0 Å². The molecule has 2 heterocycles. The summed E-state index contributed by atoms with van der Waals surface area (Å²) < 4.78 is 12.8. The molecule has 0 bridgehead atoms. The van der Waals surface area contributed by atoms with Crippen LogP contribution in [0, 0.1) is 6.92 Å². The monoisotopic (exact) mass is 253 g/mol. The Kier molecular flexibility index (Phi) is 5.01. The normalized spacial score (nSPS) is 19.3. The summed E-state index contributed by atoms with van der Waals surface area (Å²) in [5.74, 6) is 0.933. The number of aromatic nitrogens is 2. The molecule has 1 aromatic rings. The lowest BCUT2D eigenvalue weighted by Crippen LogP contribution is -2.15. The van der Waals surface area contributed by atoms with Crippen LogP contribution in [0.5, 0.6) is 0 Å². The fourth-order valence-corrected chi connectivity index (χ4v) is 2.26. The Morgan fingerprint density at radius 3 is 3.22 bits per heavy atom. The Balaban J connectivity index is 1.79. The van der Waals surface area contributed by atoms with E-state index in [-0.39, 0.29) is 0 Å². The molecule has 0 aromatic carbocycles. The number of nitrogens with one attached hydrogen (secondary N) is 1. The van der Waals surface area contributed by atoms with Crippen LogP contribution in [0.3, 0.4) is 0 Å². The number of rotatable bonds is 7. The highest BCUT2D eigenvalue weighted by molar-refractivity contribution is 5.28. The van der Waals surface area contributed by atoms with Crippen molar-refractivity contribution in [3.63, 3.8) is 0 Å². The van der Waals surface area contributed by atoms with Crippen LogP contribution in [0.1, 0.15) is 25.0 Å². The highest BCUT2D eigenvalue weighted by Gasteiger charge is 2.15. The van der Waals surface area contributed by atoms with E-state index >= 15 is 0 Å². The topological polar surface area (TPSA) is 48.3 Å². The average molecular weight is 253 g/mol. The first-order valence-corrected chi connectivity index (χ1v) is 6.68. The van der Waals surface area contributed by atoms with Crippen molar-refractivity contribution in [1.29, 1.82) is 0 Å². The highest BCUT2D eigenvalue weighted by atomic mass is 16.5. The van der Waals surface area contributed by atoms with Crippen LogP contribution in [0.15, 0.2) is 6.20 Å². The van der Waals surface area contributed by atoms with Crippen molar-refractivity contribution in [3.8, 4) is 0 Å². The Morgan fingerprint density at radius 2 is 2.50 bits per heavy atom. The molecule has 1 saturated heterocycles. The Morgan fingerprint density at radius 1 is 1.61 bits per heavy atom. The van der Waals surface area contributed by atoms with Gasteiger partial charge in [-0.2, -0.15) is 0 Å². The molecular formula is C13H23N3O2. The van der Waals surface area contributed by atoms with Gasteiger partial charge in [-0.05, 0) is 26.2 Å². The van der Waals surface area contributed by atoms with E-state index in [0.29, 0.717) is 12.7 Å². The molecule has 2 rings (SSSR count). The van der Waals surface area contributed by atoms with Gasteiger partial charge in [0.05, 0.1) is 18.4 Å². The second-order valence-electron chi connectivity index (χ2n) is 4.74. The molecule has 18 heavy (non-hydrogen) atoms. The van der Waals surface area contributed by atoms with Crippen LogP contribution >= 0.6 is 0 Å². The van der Waals surface area contributed by atoms with E-state index in [2.05, 4.69) is 14.9 Å². The molecule has 102 valence electrons. The van der Waals surface area contributed by atoms with E-state index in [1.54, 1.807) is 7.11 Å². The van der Waals surface area contributed by atoms with E-state index in [1.165, 1.54) is 12.8 Å². The van der Waals surface area contributed by atoms with Crippen LogP contribution in [0.25, 0.3) is 0 Å². The van der Waals surface area contributed by atoms with E-state index in [9.17, 15) is 0 Å². The molecule has 1 aromatic heterocycles. The first-order chi connectivity index (χ1) is 8.79. The van der Waals surface area contributed by atoms with Gasteiger partial charge < -0.3 is 19.4 Å². The molecule has 1 unspecified atom stereocenters. The van der Waals surface area contributed by atoms with Crippen molar-refractivity contribution in [3.05, 3.63) is 11.9 Å². The summed E-state index contributed by atoms with van der Waals surface area (Å²) in [6.07, 6.45) is 5.93. The molecule has 0 saturated carbocycles. The molecule has 1 aliphatic rings. The van der Waals surface area contributed by atoms with E-state index < -0.39 is 0 Å². The number of nitrogens with zero attached hydrogens (tertiary/aromatic N) is 2. The minimum atomic E-state index is 0.431. The lowest BCUT2D eigenvalue weighted by molar-refractivity contribution is 0.107. The van der Waals surface area contributed by atoms with Gasteiger partial charge in [0.15, 0.2) is 0 Å². The van der Waals surface area contributed by atoms with Gasteiger partial charge in [0.25, 0.3) is 0 Å². The highest BCUT2D eigenvalue weighted by Crippen LogP contribution is 2.15. The lowest BCUT2D eigenvalue weighted by Gasteiger charge is -2.12. The number of ether oxygens (including phenoxy) is 2. The van der Waals surface area contributed by atoms with Crippen molar-refractivity contribution in [2.75, 3.05) is 32.2 Å². The third-order valence-electron chi connectivity index (χ3n) is 3.21. The molecule has 1 atom stereocenters. The van der Waals surface area contributed by atoms with Gasteiger partial charge in [0.2, 0.25) is 5.95 Å². The van der Waals surface area contributed by atoms with Crippen molar-refractivity contribution >= 4 is 5.95 Å². The number of hydrogen-bond donors (Lipinski definition) is 1. The minimum Gasteiger partial charge on any atom is -0.383 e. The predicted octanol–water partition coefficient (Wildman–Crippen LogP) is 1.82. The summed E-state index contributed by atoms with van der Waals surface area (Å²) in [6.45, 7) is 5.38.